The van der Waals surface area contributed by atoms with Crippen LogP contribution in [0.25, 0.3) is 0 Å². The van der Waals surface area contributed by atoms with Gasteiger partial charge in [0.25, 0.3) is 0 Å². The van der Waals surface area contributed by atoms with Gasteiger partial charge in [0.05, 0.1) is 6.61 Å². The van der Waals surface area contributed by atoms with Crippen molar-refractivity contribution in [2.45, 2.75) is 46.1 Å². The highest BCUT2D eigenvalue weighted by molar-refractivity contribution is 4.87. The normalized spacial score (nSPS) is 29.2. The molecule has 0 radical (unpaired) electrons. The molecule has 0 aromatic carbocycles. The highest BCUT2D eigenvalue weighted by Crippen LogP contribution is 2.34. The van der Waals surface area contributed by atoms with Crippen LogP contribution in [0.3, 0.4) is 0 Å². The Morgan fingerprint density at radius 1 is 1.33 bits per heavy atom. The van der Waals surface area contributed by atoms with Gasteiger partial charge in [-0.3, -0.25) is 0 Å². The summed E-state index contributed by atoms with van der Waals surface area (Å²) >= 11 is 0. The molecule has 1 aliphatic carbocycles. The predicted molar refractivity (Wildman–Crippen MR) is 77.7 cm³/mol. The molecule has 0 saturated heterocycles. The molecule has 1 saturated carbocycles. The van der Waals surface area contributed by atoms with Crippen molar-refractivity contribution in [2.75, 3.05) is 33.3 Å². The van der Waals surface area contributed by atoms with Crippen LogP contribution in [0.15, 0.2) is 0 Å². The molecule has 0 aromatic heterocycles. The Morgan fingerprint density at radius 2 is 2.06 bits per heavy atom. The van der Waals surface area contributed by atoms with Crippen LogP contribution >= 0.6 is 0 Å². The smallest absolute Gasteiger partial charge is 0.0558 e. The van der Waals surface area contributed by atoms with Gasteiger partial charge in [0.15, 0.2) is 0 Å². The van der Waals surface area contributed by atoms with Gasteiger partial charge < -0.3 is 15.3 Å². The Kier molecular flexibility index (Phi) is 7.20. The average Bonchev–Trinajstić information content (AvgIpc) is 2.31. The molecule has 0 aliphatic heterocycles. The molecule has 1 fully saturated rings. The molecule has 0 heterocycles. The number of likely N-dealkylation sites (N-methyl/N-ethyl adjacent to an activating group) is 1. The first-order valence-corrected chi connectivity index (χ1v) is 7.61. The van der Waals surface area contributed by atoms with Crippen molar-refractivity contribution in [1.29, 1.82) is 0 Å². The van der Waals surface area contributed by atoms with E-state index in [1.54, 1.807) is 0 Å². The van der Waals surface area contributed by atoms with Gasteiger partial charge in [0.2, 0.25) is 0 Å². The van der Waals surface area contributed by atoms with Gasteiger partial charge in [0.1, 0.15) is 0 Å². The van der Waals surface area contributed by atoms with E-state index in [0.717, 1.165) is 37.4 Å². The number of aliphatic hydroxyl groups is 1. The van der Waals surface area contributed by atoms with E-state index >= 15 is 0 Å². The van der Waals surface area contributed by atoms with Crippen LogP contribution in [0.4, 0.5) is 0 Å². The second kappa shape index (κ2) is 8.13. The fourth-order valence-electron chi connectivity index (χ4n) is 3.30. The molecule has 108 valence electrons. The van der Waals surface area contributed by atoms with E-state index in [2.05, 4.69) is 38.0 Å². The Hall–Kier alpha value is -0.120. The van der Waals surface area contributed by atoms with Crippen LogP contribution in [-0.4, -0.2) is 49.3 Å². The first-order chi connectivity index (χ1) is 8.58. The first kappa shape index (κ1) is 15.9. The monoisotopic (exact) mass is 256 g/mol. The van der Waals surface area contributed by atoms with E-state index in [0.29, 0.717) is 6.04 Å². The molecule has 3 atom stereocenters. The lowest BCUT2D eigenvalue weighted by atomic mass is 9.73. The van der Waals surface area contributed by atoms with E-state index in [1.165, 1.54) is 19.3 Å². The quantitative estimate of drug-likeness (QED) is 0.731. The number of hydrogen-bond donors (Lipinski definition) is 2. The summed E-state index contributed by atoms with van der Waals surface area (Å²) in [6.07, 6.45) is 4.02. The number of aliphatic hydroxyl groups excluding tert-OH is 1. The lowest BCUT2D eigenvalue weighted by Crippen LogP contribution is -2.46. The lowest BCUT2D eigenvalue weighted by molar-refractivity contribution is 0.123. The van der Waals surface area contributed by atoms with E-state index in [9.17, 15) is 0 Å². The van der Waals surface area contributed by atoms with Crippen LogP contribution in [0.5, 0.6) is 0 Å². The zero-order valence-electron chi connectivity index (χ0n) is 12.7. The fraction of sp³-hybridized carbons (Fsp3) is 1.00. The molecule has 1 rings (SSSR count). The third-order valence-corrected chi connectivity index (χ3v) is 4.46. The standard InChI is InChI=1S/C15H32N2O/c1-5-16-15-7-6-13(12(2)3)10-14(15)11-17(4)8-9-18/h12-16,18H,5-11H2,1-4H3. The minimum absolute atomic E-state index is 0.267. The van der Waals surface area contributed by atoms with Gasteiger partial charge in [-0.1, -0.05) is 20.8 Å². The largest absolute Gasteiger partial charge is 0.395 e. The lowest BCUT2D eigenvalue weighted by Gasteiger charge is -2.40. The maximum Gasteiger partial charge on any atom is 0.0558 e. The second-order valence-electron chi connectivity index (χ2n) is 6.23. The minimum atomic E-state index is 0.267. The first-order valence-electron chi connectivity index (χ1n) is 7.61. The van der Waals surface area contributed by atoms with Crippen molar-refractivity contribution >= 4 is 0 Å². The van der Waals surface area contributed by atoms with Crippen molar-refractivity contribution in [3.05, 3.63) is 0 Å². The fourth-order valence-corrected chi connectivity index (χ4v) is 3.30. The third kappa shape index (κ3) is 4.87. The molecular formula is C15H32N2O. The molecule has 0 bridgehead atoms. The molecule has 3 heteroatoms. The highest BCUT2D eigenvalue weighted by Gasteiger charge is 2.31. The molecule has 18 heavy (non-hydrogen) atoms. The molecule has 0 amide bonds. The van der Waals surface area contributed by atoms with Crippen molar-refractivity contribution in [1.82, 2.24) is 10.2 Å². The Balaban J connectivity index is 2.54. The summed E-state index contributed by atoms with van der Waals surface area (Å²) in [6, 6.07) is 0.672. The molecule has 2 N–H and O–H groups in total. The van der Waals surface area contributed by atoms with E-state index in [4.69, 9.17) is 5.11 Å². The summed E-state index contributed by atoms with van der Waals surface area (Å²) in [6.45, 7) is 10.1. The predicted octanol–water partition coefficient (Wildman–Crippen LogP) is 1.96. The van der Waals surface area contributed by atoms with Gasteiger partial charge in [0, 0.05) is 19.1 Å². The number of hydrogen-bond acceptors (Lipinski definition) is 3. The van der Waals surface area contributed by atoms with Crippen molar-refractivity contribution < 1.29 is 5.11 Å². The molecule has 0 aromatic rings. The van der Waals surface area contributed by atoms with E-state index < -0.39 is 0 Å². The SMILES string of the molecule is CCNC1CCC(C(C)C)CC1CN(C)CCO. The summed E-state index contributed by atoms with van der Waals surface area (Å²) in [7, 11) is 2.12. The molecule has 3 unspecified atom stereocenters. The van der Waals surface area contributed by atoms with Crippen molar-refractivity contribution in [2.24, 2.45) is 17.8 Å². The minimum Gasteiger partial charge on any atom is -0.395 e. The van der Waals surface area contributed by atoms with Crippen molar-refractivity contribution in [3.63, 3.8) is 0 Å². The number of nitrogens with zero attached hydrogens (tertiary/aromatic N) is 1. The van der Waals surface area contributed by atoms with Crippen LogP contribution in [0.2, 0.25) is 0 Å². The van der Waals surface area contributed by atoms with Gasteiger partial charge in [-0.25, -0.2) is 0 Å². The van der Waals surface area contributed by atoms with Gasteiger partial charge >= 0.3 is 0 Å². The highest BCUT2D eigenvalue weighted by atomic mass is 16.3. The van der Waals surface area contributed by atoms with Crippen LogP contribution < -0.4 is 5.32 Å². The maximum absolute atomic E-state index is 9.02. The van der Waals surface area contributed by atoms with E-state index in [-0.39, 0.29) is 6.61 Å². The molecule has 0 spiro atoms. The van der Waals surface area contributed by atoms with Crippen LogP contribution in [-0.2, 0) is 0 Å². The zero-order chi connectivity index (χ0) is 13.5. The van der Waals surface area contributed by atoms with E-state index in [1.807, 2.05) is 0 Å². The summed E-state index contributed by atoms with van der Waals surface area (Å²) < 4.78 is 0. The average molecular weight is 256 g/mol. The number of rotatable bonds is 7. The van der Waals surface area contributed by atoms with Crippen molar-refractivity contribution in [3.8, 4) is 0 Å². The summed E-state index contributed by atoms with van der Waals surface area (Å²) in [4.78, 5) is 2.28. The van der Waals surface area contributed by atoms with Crippen LogP contribution in [0.1, 0.15) is 40.0 Å². The topological polar surface area (TPSA) is 35.5 Å². The Labute approximate surface area is 113 Å². The summed E-state index contributed by atoms with van der Waals surface area (Å²) in [5.41, 5.74) is 0. The second-order valence-corrected chi connectivity index (χ2v) is 6.23. The van der Waals surface area contributed by atoms with Gasteiger partial charge in [-0.05, 0) is 50.6 Å². The molecular weight excluding hydrogens is 224 g/mol. The molecule has 1 aliphatic rings. The molecule has 3 nitrogen and oxygen atoms in total. The summed E-state index contributed by atoms with van der Waals surface area (Å²) in [5.74, 6) is 2.42. The maximum atomic E-state index is 9.02. The van der Waals surface area contributed by atoms with Crippen LogP contribution in [0, 0.1) is 17.8 Å². The van der Waals surface area contributed by atoms with Gasteiger partial charge in [-0.15, -0.1) is 0 Å². The summed E-state index contributed by atoms with van der Waals surface area (Å²) in [5, 5.41) is 12.7. The number of nitrogens with one attached hydrogen (secondary N) is 1. The Morgan fingerprint density at radius 3 is 2.61 bits per heavy atom. The third-order valence-electron chi connectivity index (χ3n) is 4.46. The van der Waals surface area contributed by atoms with Gasteiger partial charge in [-0.2, -0.15) is 0 Å². The zero-order valence-corrected chi connectivity index (χ0v) is 12.7. The Bertz CT molecular complexity index is 221.